The van der Waals surface area contributed by atoms with Crippen molar-refractivity contribution < 1.29 is 23.5 Å². The molecule has 0 saturated heterocycles. The van der Waals surface area contributed by atoms with E-state index in [9.17, 15) is 9.59 Å². The number of carbonyl (C=O) groups excluding carboxylic acids is 2. The van der Waals surface area contributed by atoms with Gasteiger partial charge in [-0.3, -0.25) is 10.1 Å². The number of thioether (sulfide) groups is 1. The number of amides is 3. The van der Waals surface area contributed by atoms with Crippen LogP contribution in [0.4, 0.5) is 4.79 Å². The second-order valence-corrected chi connectivity index (χ2v) is 6.45. The molecule has 1 aliphatic heterocycles. The minimum atomic E-state index is -0.473. The molecule has 0 spiro atoms. The molecular weight excluding hydrogens is 348 g/mol. The van der Waals surface area contributed by atoms with E-state index >= 15 is 0 Å². The lowest BCUT2D eigenvalue weighted by molar-refractivity contribution is -0.117. The van der Waals surface area contributed by atoms with Crippen LogP contribution < -0.4 is 20.1 Å². The highest BCUT2D eigenvalue weighted by Crippen LogP contribution is 2.35. The average molecular weight is 362 g/mol. The molecular formula is C15H14N4O5S. The molecule has 4 rings (SSSR count). The van der Waals surface area contributed by atoms with E-state index in [2.05, 4.69) is 20.8 Å². The predicted octanol–water partition coefficient (Wildman–Crippen LogP) is 1.55. The van der Waals surface area contributed by atoms with Crippen molar-refractivity contribution in [3.63, 3.8) is 0 Å². The molecule has 9 nitrogen and oxygen atoms in total. The van der Waals surface area contributed by atoms with Gasteiger partial charge in [0.15, 0.2) is 11.5 Å². The van der Waals surface area contributed by atoms with Crippen molar-refractivity contribution in [1.82, 2.24) is 20.8 Å². The molecule has 2 heterocycles. The summed E-state index contributed by atoms with van der Waals surface area (Å²) in [6, 6.07) is 5.02. The fourth-order valence-corrected chi connectivity index (χ4v) is 2.72. The first-order chi connectivity index (χ1) is 12.2. The summed E-state index contributed by atoms with van der Waals surface area (Å²) in [6.07, 6.45) is 1.92. The van der Waals surface area contributed by atoms with Crippen molar-refractivity contribution in [2.75, 3.05) is 12.5 Å². The molecule has 130 valence electrons. The van der Waals surface area contributed by atoms with Crippen molar-refractivity contribution in [2.45, 2.75) is 24.1 Å². The highest BCUT2D eigenvalue weighted by molar-refractivity contribution is 7.99. The van der Waals surface area contributed by atoms with Crippen LogP contribution in [0, 0.1) is 0 Å². The van der Waals surface area contributed by atoms with Gasteiger partial charge in [-0.15, -0.1) is 10.2 Å². The van der Waals surface area contributed by atoms with Gasteiger partial charge in [-0.05, 0) is 31.0 Å². The lowest BCUT2D eigenvalue weighted by Gasteiger charge is -2.03. The minimum Gasteiger partial charge on any atom is -0.454 e. The zero-order valence-electron chi connectivity index (χ0n) is 13.0. The van der Waals surface area contributed by atoms with Gasteiger partial charge in [0, 0.05) is 11.6 Å². The summed E-state index contributed by atoms with van der Waals surface area (Å²) < 4.78 is 16.1. The standard InChI is InChI=1S/C15H14N4O5S/c20-12(17-14(21)16-9-2-3-9)6-25-15-19-18-13(24-15)8-1-4-10-11(5-8)23-7-22-10/h1,4-5,9H,2-3,6-7H2,(H2,16,17,20,21). The highest BCUT2D eigenvalue weighted by atomic mass is 32.2. The van der Waals surface area contributed by atoms with E-state index in [0.717, 1.165) is 24.6 Å². The Morgan fingerprint density at radius 1 is 1.20 bits per heavy atom. The van der Waals surface area contributed by atoms with Gasteiger partial charge in [0.05, 0.1) is 5.75 Å². The molecule has 1 fully saturated rings. The van der Waals surface area contributed by atoms with E-state index in [0.29, 0.717) is 23.0 Å². The highest BCUT2D eigenvalue weighted by Gasteiger charge is 2.24. The molecule has 1 aromatic carbocycles. The summed E-state index contributed by atoms with van der Waals surface area (Å²) in [6.45, 7) is 0.188. The smallest absolute Gasteiger partial charge is 0.321 e. The number of hydrogen-bond acceptors (Lipinski definition) is 8. The minimum absolute atomic E-state index is 0.000852. The molecule has 1 saturated carbocycles. The lowest BCUT2D eigenvalue weighted by Crippen LogP contribution is -2.41. The van der Waals surface area contributed by atoms with E-state index < -0.39 is 11.9 Å². The first-order valence-electron chi connectivity index (χ1n) is 7.64. The van der Waals surface area contributed by atoms with Gasteiger partial charge < -0.3 is 19.2 Å². The molecule has 0 radical (unpaired) electrons. The number of benzene rings is 1. The van der Waals surface area contributed by atoms with E-state index in [1.807, 2.05) is 0 Å². The third-order valence-electron chi connectivity index (χ3n) is 3.52. The van der Waals surface area contributed by atoms with Gasteiger partial charge >= 0.3 is 6.03 Å². The van der Waals surface area contributed by atoms with Crippen molar-refractivity contribution in [2.24, 2.45) is 0 Å². The quantitative estimate of drug-likeness (QED) is 0.770. The molecule has 2 N–H and O–H groups in total. The maximum Gasteiger partial charge on any atom is 0.321 e. The average Bonchev–Trinajstić information content (AvgIpc) is 3.11. The first kappa shape index (κ1) is 15.8. The van der Waals surface area contributed by atoms with Crippen molar-refractivity contribution in [3.8, 4) is 23.0 Å². The second kappa shape index (κ2) is 6.63. The molecule has 0 atom stereocenters. The number of ether oxygens (including phenoxy) is 2. The van der Waals surface area contributed by atoms with Gasteiger partial charge in [-0.1, -0.05) is 11.8 Å². The number of aromatic nitrogens is 2. The van der Waals surface area contributed by atoms with Crippen LogP contribution in [0.25, 0.3) is 11.5 Å². The van der Waals surface area contributed by atoms with E-state index in [4.69, 9.17) is 13.9 Å². The van der Waals surface area contributed by atoms with Gasteiger partial charge in [0.1, 0.15) is 0 Å². The Balaban J connectivity index is 1.32. The summed E-state index contributed by atoms with van der Waals surface area (Å²) in [5, 5.41) is 13.0. The van der Waals surface area contributed by atoms with Crippen LogP contribution in [-0.2, 0) is 4.79 Å². The van der Waals surface area contributed by atoms with Crippen LogP contribution >= 0.6 is 11.8 Å². The molecule has 0 unspecified atom stereocenters. The molecule has 1 aliphatic carbocycles. The molecule has 25 heavy (non-hydrogen) atoms. The summed E-state index contributed by atoms with van der Waals surface area (Å²) >= 11 is 1.06. The largest absolute Gasteiger partial charge is 0.454 e. The Hall–Kier alpha value is -2.75. The van der Waals surface area contributed by atoms with Crippen LogP contribution in [0.3, 0.4) is 0 Å². The van der Waals surface area contributed by atoms with Crippen LogP contribution in [0.2, 0.25) is 0 Å². The lowest BCUT2D eigenvalue weighted by atomic mass is 10.2. The van der Waals surface area contributed by atoms with Crippen LogP contribution in [0.5, 0.6) is 11.5 Å². The number of nitrogens with zero attached hydrogens (tertiary/aromatic N) is 2. The third kappa shape index (κ3) is 3.85. The van der Waals surface area contributed by atoms with Crippen LogP contribution in [0.1, 0.15) is 12.8 Å². The zero-order chi connectivity index (χ0) is 17.2. The monoisotopic (exact) mass is 362 g/mol. The predicted molar refractivity (Wildman–Crippen MR) is 86.3 cm³/mol. The van der Waals surface area contributed by atoms with E-state index in [-0.39, 0.29) is 23.8 Å². The first-order valence-corrected chi connectivity index (χ1v) is 8.62. The number of imide groups is 1. The molecule has 3 amide bonds. The number of hydrogen-bond donors (Lipinski definition) is 2. The zero-order valence-corrected chi connectivity index (χ0v) is 13.8. The van der Waals surface area contributed by atoms with Gasteiger partial charge in [0.2, 0.25) is 18.6 Å². The fraction of sp³-hybridized carbons (Fsp3) is 0.333. The second-order valence-electron chi connectivity index (χ2n) is 5.53. The molecule has 2 aliphatic rings. The van der Waals surface area contributed by atoms with Crippen LogP contribution in [0.15, 0.2) is 27.8 Å². The van der Waals surface area contributed by atoms with Crippen molar-refractivity contribution in [1.29, 1.82) is 0 Å². The maximum atomic E-state index is 11.7. The third-order valence-corrected chi connectivity index (χ3v) is 4.34. The van der Waals surface area contributed by atoms with Gasteiger partial charge in [0.25, 0.3) is 5.22 Å². The molecule has 1 aromatic heterocycles. The SMILES string of the molecule is O=C(CSc1nnc(-c2ccc3c(c2)OCO3)o1)NC(=O)NC1CC1. The Kier molecular flexibility index (Phi) is 4.18. The number of urea groups is 1. The van der Waals surface area contributed by atoms with Crippen molar-refractivity contribution in [3.05, 3.63) is 18.2 Å². The summed E-state index contributed by atoms with van der Waals surface area (Å²) in [4.78, 5) is 23.2. The Bertz CT molecular complexity index is 820. The van der Waals surface area contributed by atoms with Crippen LogP contribution in [-0.4, -0.2) is 40.7 Å². The summed E-state index contributed by atoms with van der Waals surface area (Å²) in [7, 11) is 0. The van der Waals surface area contributed by atoms with E-state index in [1.54, 1.807) is 18.2 Å². The Morgan fingerprint density at radius 3 is 2.88 bits per heavy atom. The number of nitrogens with one attached hydrogen (secondary N) is 2. The number of fused-ring (bicyclic) bond motifs is 1. The number of rotatable bonds is 5. The molecule has 0 bridgehead atoms. The van der Waals surface area contributed by atoms with Gasteiger partial charge in [-0.25, -0.2) is 4.79 Å². The Labute approximate surface area is 146 Å². The molecule has 2 aromatic rings. The van der Waals surface area contributed by atoms with Gasteiger partial charge in [-0.2, -0.15) is 0 Å². The Morgan fingerprint density at radius 2 is 2.04 bits per heavy atom. The van der Waals surface area contributed by atoms with E-state index in [1.165, 1.54) is 0 Å². The maximum absolute atomic E-state index is 11.7. The summed E-state index contributed by atoms with van der Waals surface area (Å²) in [5.41, 5.74) is 0.692. The summed E-state index contributed by atoms with van der Waals surface area (Å²) in [5.74, 6) is 1.17. The topological polar surface area (TPSA) is 116 Å². The fourth-order valence-electron chi connectivity index (χ4n) is 2.15. The normalized spacial score (nSPS) is 15.0. The number of carbonyl (C=O) groups is 2. The van der Waals surface area contributed by atoms with Crippen molar-refractivity contribution >= 4 is 23.7 Å². The molecule has 10 heteroatoms.